The van der Waals surface area contributed by atoms with Crippen LogP contribution in [0, 0.1) is 0 Å². The Bertz CT molecular complexity index is 95.9. The minimum Gasteiger partial charge on any atom is -1.00 e. The molecule has 1 aliphatic rings. The van der Waals surface area contributed by atoms with Gasteiger partial charge in [0.05, 0.1) is 0 Å². The molecule has 54 valence electrons. The van der Waals surface area contributed by atoms with Gasteiger partial charge in [0.25, 0.3) is 0 Å². The van der Waals surface area contributed by atoms with Crippen LogP contribution >= 0.6 is 7.74 Å². The molecule has 0 amide bonds. The Kier molecular flexibility index (Phi) is 19.6. The van der Waals surface area contributed by atoms with Gasteiger partial charge in [-0.3, -0.25) is 0 Å². The first-order valence-electron chi connectivity index (χ1n) is 1.13. The van der Waals surface area contributed by atoms with Crippen LogP contribution in [0.1, 0.15) is 8.56 Å². The average Bonchev–Trinajstić information content (AvgIpc) is 1.73. The van der Waals surface area contributed by atoms with E-state index in [4.69, 9.17) is 14.7 Å². The Balaban J connectivity index is -0.00000000450. The third-order valence-electron chi connectivity index (χ3n) is 0.275. The molecule has 0 bridgehead atoms. The third kappa shape index (κ3) is 12.9. The molecule has 0 radical (unpaired) electrons. The van der Waals surface area contributed by atoms with Crippen LogP contribution in [0.5, 0.6) is 0 Å². The van der Waals surface area contributed by atoms with Gasteiger partial charge >= 0.3 is 145 Å². The fourth-order valence-corrected chi connectivity index (χ4v) is 0.402. The zero-order valence-electron chi connectivity index (χ0n) is 11.2. The minimum absolute atomic E-state index is 0. The van der Waals surface area contributed by atoms with E-state index in [0.717, 1.165) is 0 Å². The maximum atomic E-state index is 7.89. The van der Waals surface area contributed by atoms with E-state index in [0.29, 0.717) is 0 Å². The third-order valence-corrected chi connectivity index (χ3v) is 0.824. The first kappa shape index (κ1) is 24.2. The second kappa shape index (κ2) is 8.09. The molecule has 0 aromatic rings. The minimum atomic E-state index is -4.80. The van der Waals surface area contributed by atoms with Crippen molar-refractivity contribution in [2.45, 2.75) is 0 Å². The van der Waals surface area contributed by atoms with Crippen molar-refractivity contribution in [1.82, 2.24) is 0 Å². The van der Waals surface area contributed by atoms with Gasteiger partial charge in [-0.15, -0.1) is 0 Å². The Labute approximate surface area is 176 Å². The summed E-state index contributed by atoms with van der Waals surface area (Å²) in [7, 11) is -4.80. The summed E-state index contributed by atoms with van der Waals surface area (Å²) in [5.74, 6) is 0. The van der Waals surface area contributed by atoms with Crippen molar-refractivity contribution in [3.63, 3.8) is 0 Å². The summed E-state index contributed by atoms with van der Waals surface area (Å²) in [6.45, 7) is 0. The second-order valence-corrected chi connectivity index (χ2v) is 2.95. The zero-order valence-corrected chi connectivity index (χ0v) is 15.2. The molecule has 5 nitrogen and oxygen atoms in total. The normalized spacial score (nSPS) is 25.7. The first-order valence-corrected chi connectivity index (χ1v) is 3.06. The van der Waals surface area contributed by atoms with Gasteiger partial charge in [-0.1, -0.05) is 0 Å². The number of hydrogen-bond acceptors (Lipinski definition) is 5. The molecule has 10 heavy (non-hydrogen) atoms. The Morgan fingerprint density at radius 2 is 1.00 bits per heavy atom. The molecule has 0 atom stereocenters. The quantitative estimate of drug-likeness (QED) is 0.220. The van der Waals surface area contributed by atoms with Crippen molar-refractivity contribution in [1.29, 1.82) is 0 Å². The van der Waals surface area contributed by atoms with Crippen LogP contribution in [0.3, 0.4) is 0 Å². The van der Waals surface area contributed by atoms with E-state index < -0.39 is 7.74 Å². The summed E-state index contributed by atoms with van der Waals surface area (Å²) in [5.41, 5.74) is 0. The first-order chi connectivity index (χ1) is 2.47. The van der Waals surface area contributed by atoms with Crippen molar-refractivity contribution in [3.8, 4) is 0 Å². The largest absolute Gasteiger partial charge is 2.00 e. The molecular weight excluding hydrogens is 322 g/mol. The zero-order chi connectivity index (χ0) is 4.86. The molecule has 0 unspecified atom stereocenters. The van der Waals surface area contributed by atoms with Crippen molar-refractivity contribution in [2.75, 3.05) is 0 Å². The SMILES string of the molecule is OP1(O)(O)OO1.[Ca+2].[Ca+2].[Ca+2].[H-].[H-].[H-].[H-].[H-].[H-].[Zr]. The predicted molar refractivity (Wildman–Crippen MR) is 39.7 cm³/mol. The van der Waals surface area contributed by atoms with Crippen LogP contribution in [-0.4, -0.2) is 128 Å². The molecule has 1 heterocycles. The summed E-state index contributed by atoms with van der Waals surface area (Å²) in [4.78, 5) is 23.7. The number of rotatable bonds is 0. The summed E-state index contributed by atoms with van der Waals surface area (Å²) < 4.78 is 6.76. The molecule has 0 spiro atoms. The van der Waals surface area contributed by atoms with Crippen molar-refractivity contribution >= 4 is 121 Å². The van der Waals surface area contributed by atoms with Gasteiger partial charge in [0.15, 0.2) is 0 Å². The molecule has 1 aliphatic heterocycles. The van der Waals surface area contributed by atoms with Gasteiger partial charge in [-0.25, -0.2) is 0 Å². The van der Waals surface area contributed by atoms with E-state index in [1.807, 2.05) is 0 Å². The number of hydrogen-bond donors (Lipinski definition) is 3. The van der Waals surface area contributed by atoms with Crippen molar-refractivity contribution in [2.24, 2.45) is 0 Å². The molecule has 0 aliphatic carbocycles. The van der Waals surface area contributed by atoms with Crippen molar-refractivity contribution < 1.29 is 58.8 Å². The van der Waals surface area contributed by atoms with Crippen LogP contribution in [0.2, 0.25) is 0 Å². The monoisotopic (exact) mass is 330 g/mol. The Morgan fingerprint density at radius 3 is 1.00 bits per heavy atom. The average molecular weight is 331 g/mol. The van der Waals surface area contributed by atoms with Gasteiger partial charge in [-0.05, 0) is 0 Å². The maximum absolute atomic E-state index is 7.89. The van der Waals surface area contributed by atoms with E-state index in [2.05, 4.69) is 9.35 Å². The fraction of sp³-hybridized carbons (Fsp3) is 0. The van der Waals surface area contributed by atoms with E-state index in [9.17, 15) is 0 Å². The molecule has 1 rings (SSSR count). The fourth-order valence-electron chi connectivity index (χ4n) is 0.0447. The van der Waals surface area contributed by atoms with Crippen LogP contribution in [-0.2, 0) is 35.6 Å². The van der Waals surface area contributed by atoms with E-state index in [-0.39, 0.29) is 148 Å². The molecule has 3 N–H and O–H groups in total. The predicted octanol–water partition coefficient (Wildman–Crippen LogP) is -1.42. The molecule has 0 saturated carbocycles. The molecule has 1 saturated heterocycles. The van der Waals surface area contributed by atoms with Crippen LogP contribution in [0.25, 0.3) is 0 Å². The molecule has 1 fully saturated rings. The van der Waals surface area contributed by atoms with Gasteiger partial charge in [-0.2, -0.15) is 0 Å². The Hall–Kier alpha value is 4.89. The summed E-state index contributed by atoms with van der Waals surface area (Å²) >= 11 is 0. The topological polar surface area (TPSA) is 85.8 Å². The summed E-state index contributed by atoms with van der Waals surface area (Å²) in [6, 6.07) is 0. The second-order valence-electron chi connectivity index (χ2n) is 0.982. The van der Waals surface area contributed by atoms with E-state index in [1.54, 1.807) is 0 Å². The summed E-state index contributed by atoms with van der Waals surface area (Å²) in [5, 5.41) is 0. The van der Waals surface area contributed by atoms with Gasteiger partial charge in [0, 0.05) is 26.2 Å². The smallest absolute Gasteiger partial charge is 1.00 e. The van der Waals surface area contributed by atoms with Gasteiger partial charge < -0.3 is 8.56 Å². The van der Waals surface area contributed by atoms with Crippen molar-refractivity contribution in [3.05, 3.63) is 0 Å². The standard InChI is InChI=1S/3Ca.H3O5P.Zr.6H/c;;;1-6(2,3)4-5-6;;;;;;;/h;;;1-3H;;;;;;;/q3*+2;;;6*-1. The molecule has 0 aromatic carbocycles. The summed E-state index contributed by atoms with van der Waals surface area (Å²) in [6.07, 6.45) is 0. The maximum Gasteiger partial charge on any atom is 2.00 e. The van der Waals surface area contributed by atoms with E-state index >= 15 is 0 Å². The van der Waals surface area contributed by atoms with E-state index in [1.165, 1.54) is 0 Å². The molecule has 10 heteroatoms. The van der Waals surface area contributed by atoms with Crippen LogP contribution in [0.4, 0.5) is 0 Å². The Morgan fingerprint density at radius 1 is 0.900 bits per heavy atom. The van der Waals surface area contributed by atoms with Gasteiger partial charge in [0.1, 0.15) is 0 Å². The van der Waals surface area contributed by atoms with Crippen LogP contribution < -0.4 is 0 Å². The molecule has 0 aromatic heterocycles. The molecular formula is H9Ca3O5PZr. The van der Waals surface area contributed by atoms with Gasteiger partial charge in [0.2, 0.25) is 0 Å². The van der Waals surface area contributed by atoms with Crippen LogP contribution in [0.15, 0.2) is 0 Å².